The Balaban J connectivity index is 1.30. The zero-order chi connectivity index (χ0) is 31.9. The Kier molecular flexibility index (Phi) is 10.8. The predicted octanol–water partition coefficient (Wildman–Crippen LogP) is 7.16. The molecule has 2 heterocycles. The normalized spacial score (nSPS) is 16.3. The van der Waals surface area contributed by atoms with Crippen molar-refractivity contribution in [3.05, 3.63) is 98.7 Å². The van der Waals surface area contributed by atoms with Gasteiger partial charge in [-0.1, -0.05) is 64.8 Å². The summed E-state index contributed by atoms with van der Waals surface area (Å²) in [4.78, 5) is 24.5. The van der Waals surface area contributed by atoms with Gasteiger partial charge in [0.25, 0.3) is 0 Å². The van der Waals surface area contributed by atoms with E-state index in [0.717, 1.165) is 41.0 Å². The molecule has 0 unspecified atom stereocenters. The van der Waals surface area contributed by atoms with Gasteiger partial charge in [-0.2, -0.15) is 0 Å². The topological polar surface area (TPSA) is 103 Å². The van der Waals surface area contributed by atoms with Crippen LogP contribution in [0.1, 0.15) is 64.8 Å². The molecule has 8 nitrogen and oxygen atoms in total. The van der Waals surface area contributed by atoms with E-state index in [0.29, 0.717) is 65.5 Å². The number of nitrogens with zero attached hydrogens (tertiary/aromatic N) is 1. The van der Waals surface area contributed by atoms with Gasteiger partial charge in [-0.3, -0.25) is 9.59 Å². The number of piperidine rings is 1. The second-order valence-corrected chi connectivity index (χ2v) is 12.1. The fourth-order valence-corrected chi connectivity index (χ4v) is 6.60. The summed E-state index contributed by atoms with van der Waals surface area (Å²) in [7, 11) is 0. The number of carbonyl (C=O) groups is 2. The summed E-state index contributed by atoms with van der Waals surface area (Å²) < 4.78 is 17.6. The summed E-state index contributed by atoms with van der Waals surface area (Å²) in [6.45, 7) is 7.60. The number of ether oxygens (including phenoxy) is 2. The van der Waals surface area contributed by atoms with Crippen molar-refractivity contribution in [2.24, 2.45) is 0 Å². The van der Waals surface area contributed by atoms with Crippen molar-refractivity contribution in [3.63, 3.8) is 0 Å². The number of nitrogens with one attached hydrogen (secondary N) is 2. The average molecular weight is 651 g/mol. The maximum absolute atomic E-state index is 13.1. The molecule has 0 radical (unpaired) electrons. The lowest BCUT2D eigenvalue weighted by atomic mass is 9.77. The van der Waals surface area contributed by atoms with E-state index < -0.39 is 0 Å². The van der Waals surface area contributed by atoms with Crippen molar-refractivity contribution < 1.29 is 23.6 Å². The van der Waals surface area contributed by atoms with E-state index in [9.17, 15) is 9.59 Å². The van der Waals surface area contributed by atoms with Crippen molar-refractivity contribution in [3.8, 4) is 22.8 Å². The molecule has 5 rings (SSSR count). The minimum absolute atomic E-state index is 0.0640. The fourth-order valence-electron chi connectivity index (χ4n) is 5.90. The highest BCUT2D eigenvalue weighted by atomic mass is 35.5. The van der Waals surface area contributed by atoms with E-state index in [4.69, 9.17) is 37.2 Å². The minimum atomic E-state index is -0.0959. The molecular weight excluding hydrogens is 613 g/mol. The van der Waals surface area contributed by atoms with E-state index in [1.807, 2.05) is 55.5 Å². The van der Waals surface area contributed by atoms with Gasteiger partial charge in [0, 0.05) is 31.5 Å². The number of aryl methyl sites for hydroxylation is 1. The second-order valence-electron chi connectivity index (χ2n) is 11.2. The number of aromatic nitrogens is 1. The number of carbonyl (C=O) groups excluding carboxylic acids is 2. The molecule has 1 saturated heterocycles. The van der Waals surface area contributed by atoms with Gasteiger partial charge < -0.3 is 24.6 Å². The highest BCUT2D eigenvalue weighted by Crippen LogP contribution is 2.42. The summed E-state index contributed by atoms with van der Waals surface area (Å²) in [5, 5.41) is 11.8. The number of amides is 1. The Morgan fingerprint density at radius 2 is 1.71 bits per heavy atom. The Morgan fingerprint density at radius 3 is 2.42 bits per heavy atom. The maximum atomic E-state index is 13.1. The van der Waals surface area contributed by atoms with Crippen LogP contribution in [0.4, 0.5) is 0 Å². The summed E-state index contributed by atoms with van der Waals surface area (Å²) in [5.74, 6) is 1.52. The van der Waals surface area contributed by atoms with Crippen LogP contribution in [0.3, 0.4) is 0 Å². The molecule has 2 atom stereocenters. The Morgan fingerprint density at radius 1 is 1.00 bits per heavy atom. The number of rotatable bonds is 12. The van der Waals surface area contributed by atoms with Gasteiger partial charge in [0.2, 0.25) is 5.91 Å². The van der Waals surface area contributed by atoms with Gasteiger partial charge in [0.1, 0.15) is 19.0 Å². The first-order chi connectivity index (χ1) is 21.7. The smallest absolute Gasteiger partial charge is 0.216 e. The number of hydrogen-bond donors (Lipinski definition) is 2. The number of benzene rings is 3. The van der Waals surface area contributed by atoms with Crippen molar-refractivity contribution in [1.82, 2.24) is 15.8 Å². The largest absolute Gasteiger partial charge is 0.490 e. The molecule has 1 aromatic heterocycles. The Hall–Kier alpha value is -3.85. The Labute approximate surface area is 273 Å². The lowest BCUT2D eigenvalue weighted by Crippen LogP contribution is -2.34. The molecule has 1 aliphatic heterocycles. The second kappa shape index (κ2) is 15.0. The number of Topliss-reactive ketones (excluding diaryl/α,β-unsaturated/α-hetero) is 1. The third-order valence-electron chi connectivity index (χ3n) is 7.98. The molecule has 0 bridgehead atoms. The first kappa shape index (κ1) is 32.5. The molecule has 236 valence electrons. The number of hydrogen-bond acceptors (Lipinski definition) is 7. The van der Waals surface area contributed by atoms with Crippen LogP contribution in [0.2, 0.25) is 10.0 Å². The molecule has 1 aliphatic rings. The van der Waals surface area contributed by atoms with Gasteiger partial charge in [-0.05, 0) is 80.1 Å². The van der Waals surface area contributed by atoms with Crippen LogP contribution in [0.15, 0.2) is 65.2 Å². The van der Waals surface area contributed by atoms with E-state index in [2.05, 4.69) is 27.9 Å². The van der Waals surface area contributed by atoms with Crippen LogP contribution in [-0.2, 0) is 11.2 Å². The van der Waals surface area contributed by atoms with E-state index >= 15 is 0 Å². The fraction of sp³-hybridized carbons (Fsp3) is 0.343. The lowest BCUT2D eigenvalue weighted by Gasteiger charge is -2.31. The van der Waals surface area contributed by atoms with Gasteiger partial charge >= 0.3 is 0 Å². The van der Waals surface area contributed by atoms with E-state index in [1.165, 1.54) is 6.92 Å². The summed E-state index contributed by atoms with van der Waals surface area (Å²) in [5.41, 5.74) is 5.06. The molecule has 0 spiro atoms. The molecule has 0 aliphatic carbocycles. The number of halogens is 2. The molecular formula is C35H37Cl2N3O5. The van der Waals surface area contributed by atoms with Crippen molar-refractivity contribution in [2.45, 2.75) is 45.4 Å². The van der Waals surface area contributed by atoms with Crippen LogP contribution in [0.5, 0.6) is 11.5 Å². The molecule has 1 amide bonds. The van der Waals surface area contributed by atoms with Crippen LogP contribution >= 0.6 is 23.2 Å². The molecule has 4 aromatic rings. The standard InChI is InChI=1S/C35H37Cl2N3O5/c1-21-18-30(36)35(31(37)19-21)44-17-16-43-26-10-8-25(9-11-26)27-13-14-38-20-29(27)33-32(22(2)41)34(45-40-33)28-7-5-4-6-24(28)12-15-39-23(3)42/h4-11,18-19,27,29,38H,12-17,20H2,1-3H3,(H,39,42)/t27-,29+/m1/s1. The third-order valence-corrected chi connectivity index (χ3v) is 8.54. The highest BCUT2D eigenvalue weighted by Gasteiger charge is 2.35. The van der Waals surface area contributed by atoms with Crippen LogP contribution < -0.4 is 20.1 Å². The van der Waals surface area contributed by atoms with Crippen LogP contribution in [0.25, 0.3) is 11.3 Å². The maximum Gasteiger partial charge on any atom is 0.216 e. The minimum Gasteiger partial charge on any atom is -0.490 e. The molecule has 45 heavy (non-hydrogen) atoms. The molecule has 2 N–H and O–H groups in total. The van der Waals surface area contributed by atoms with E-state index in [1.54, 1.807) is 6.92 Å². The monoisotopic (exact) mass is 649 g/mol. The van der Waals surface area contributed by atoms with Crippen LogP contribution in [-0.4, -0.2) is 49.7 Å². The zero-order valence-corrected chi connectivity index (χ0v) is 27.1. The van der Waals surface area contributed by atoms with Gasteiger partial charge in [0.15, 0.2) is 17.3 Å². The lowest BCUT2D eigenvalue weighted by molar-refractivity contribution is -0.118. The predicted molar refractivity (Wildman–Crippen MR) is 176 cm³/mol. The summed E-state index contributed by atoms with van der Waals surface area (Å²) >= 11 is 12.6. The Bertz CT molecular complexity index is 1630. The average Bonchev–Trinajstić information content (AvgIpc) is 3.46. The van der Waals surface area contributed by atoms with Gasteiger partial charge in [-0.15, -0.1) is 0 Å². The molecule has 3 aromatic carbocycles. The van der Waals surface area contributed by atoms with Gasteiger partial charge in [-0.25, -0.2) is 0 Å². The van der Waals surface area contributed by atoms with Crippen molar-refractivity contribution in [2.75, 3.05) is 32.8 Å². The quantitative estimate of drug-likeness (QED) is 0.124. The van der Waals surface area contributed by atoms with Crippen molar-refractivity contribution in [1.29, 1.82) is 0 Å². The van der Waals surface area contributed by atoms with Crippen LogP contribution in [0, 0.1) is 6.92 Å². The van der Waals surface area contributed by atoms with Crippen molar-refractivity contribution >= 4 is 34.9 Å². The van der Waals surface area contributed by atoms with Gasteiger partial charge in [0.05, 0.1) is 21.3 Å². The number of ketones is 1. The molecule has 1 fully saturated rings. The summed E-state index contributed by atoms with van der Waals surface area (Å²) in [6, 6.07) is 19.4. The molecule has 10 heteroatoms. The zero-order valence-electron chi connectivity index (χ0n) is 25.6. The third kappa shape index (κ3) is 7.87. The van der Waals surface area contributed by atoms with E-state index in [-0.39, 0.29) is 23.5 Å². The first-order valence-corrected chi connectivity index (χ1v) is 15.8. The summed E-state index contributed by atoms with van der Waals surface area (Å²) in [6.07, 6.45) is 1.48. The molecule has 0 saturated carbocycles. The highest BCUT2D eigenvalue weighted by molar-refractivity contribution is 6.37. The first-order valence-electron chi connectivity index (χ1n) is 15.1. The SMILES string of the molecule is CC(=O)NCCc1ccccc1-c1onc([C@H]2CNCC[C@@H]2c2ccc(OCCOc3c(Cl)cc(C)cc3Cl)cc2)c1C(C)=O.